The van der Waals surface area contributed by atoms with Crippen LogP contribution in [0.3, 0.4) is 0 Å². The van der Waals surface area contributed by atoms with Crippen molar-refractivity contribution in [2.24, 2.45) is 5.41 Å². The van der Waals surface area contributed by atoms with Crippen LogP contribution in [0.4, 0.5) is 4.39 Å². The number of benzene rings is 1. The van der Waals surface area contributed by atoms with Crippen molar-refractivity contribution in [2.45, 2.75) is 26.9 Å². The van der Waals surface area contributed by atoms with E-state index >= 15 is 0 Å². The molecular weight excluding hydrogens is 249 g/mol. The predicted octanol–water partition coefficient (Wildman–Crippen LogP) is 1.82. The Labute approximate surface area is 110 Å². The van der Waals surface area contributed by atoms with Crippen molar-refractivity contribution in [3.8, 4) is 0 Å². The molecule has 1 atom stereocenters. The molecule has 4 nitrogen and oxygen atoms in total. The summed E-state index contributed by atoms with van der Waals surface area (Å²) in [6.07, 6.45) is -0.888. The normalized spacial score (nSPS) is 21.1. The molecule has 1 aliphatic heterocycles. The molecule has 1 saturated heterocycles. The van der Waals surface area contributed by atoms with Gasteiger partial charge in [0.2, 0.25) is 0 Å². The molecule has 0 unspecified atom stereocenters. The number of halogens is 1. The molecule has 1 aromatic carbocycles. The number of carbonyl (C=O) groups excluding carboxylic acids is 2. The predicted molar refractivity (Wildman–Crippen MR) is 67.1 cm³/mol. The van der Waals surface area contributed by atoms with E-state index in [1.807, 2.05) is 13.8 Å². The number of hydrogen-bond acceptors (Lipinski definition) is 3. The molecule has 1 heterocycles. The van der Waals surface area contributed by atoms with Crippen LogP contribution in [-0.4, -0.2) is 24.5 Å². The van der Waals surface area contributed by atoms with E-state index in [0.29, 0.717) is 12.1 Å². The van der Waals surface area contributed by atoms with Gasteiger partial charge in [0.25, 0.3) is 5.91 Å². The summed E-state index contributed by atoms with van der Waals surface area (Å²) in [5.74, 6) is -1.79. The fraction of sp³-hybridized carbons (Fsp3) is 0.429. The van der Waals surface area contributed by atoms with Crippen LogP contribution >= 0.6 is 0 Å². The second-order valence-corrected chi connectivity index (χ2v) is 5.48. The van der Waals surface area contributed by atoms with E-state index in [0.717, 1.165) is 0 Å². The first-order chi connectivity index (χ1) is 8.81. The van der Waals surface area contributed by atoms with Gasteiger partial charge in [0.1, 0.15) is 5.82 Å². The first kappa shape index (κ1) is 13.5. The van der Waals surface area contributed by atoms with Gasteiger partial charge in [-0.2, -0.15) is 0 Å². The van der Waals surface area contributed by atoms with Crippen molar-refractivity contribution in [2.75, 3.05) is 6.54 Å². The summed E-state index contributed by atoms with van der Waals surface area (Å²) in [6, 6.07) is 4.25. The van der Waals surface area contributed by atoms with Crippen LogP contribution in [-0.2, 0) is 9.53 Å². The maximum Gasteiger partial charge on any atom is 0.341 e. The van der Waals surface area contributed by atoms with Crippen molar-refractivity contribution < 1.29 is 18.7 Å². The monoisotopic (exact) mass is 265 g/mol. The smallest absolute Gasteiger partial charge is 0.341 e. The molecule has 0 aromatic heterocycles. The number of aryl methyl sites for hydroxylation is 1. The molecule has 0 bridgehead atoms. The highest BCUT2D eigenvalue weighted by molar-refractivity contribution is 5.93. The number of esters is 1. The van der Waals surface area contributed by atoms with Gasteiger partial charge in [-0.3, -0.25) is 4.79 Å². The van der Waals surface area contributed by atoms with E-state index < -0.39 is 23.3 Å². The zero-order valence-electron chi connectivity index (χ0n) is 11.1. The highest BCUT2D eigenvalue weighted by Gasteiger charge is 2.44. The minimum Gasteiger partial charge on any atom is -0.448 e. The summed E-state index contributed by atoms with van der Waals surface area (Å²) < 4.78 is 18.8. The van der Waals surface area contributed by atoms with Crippen LogP contribution in [0.1, 0.15) is 29.8 Å². The zero-order valence-corrected chi connectivity index (χ0v) is 11.1. The molecule has 1 aromatic rings. The van der Waals surface area contributed by atoms with Crippen LogP contribution in [0.2, 0.25) is 0 Å². The minimum absolute atomic E-state index is 0.152. The molecule has 1 fully saturated rings. The highest BCUT2D eigenvalue weighted by atomic mass is 19.1. The fourth-order valence-electron chi connectivity index (χ4n) is 2.02. The second kappa shape index (κ2) is 4.64. The third kappa shape index (κ3) is 2.59. The number of ether oxygens (including phenoxy) is 1. The van der Waals surface area contributed by atoms with Crippen molar-refractivity contribution in [1.29, 1.82) is 0 Å². The number of hydrogen-bond donors (Lipinski definition) is 1. The Hall–Kier alpha value is -1.91. The van der Waals surface area contributed by atoms with Gasteiger partial charge >= 0.3 is 5.97 Å². The maximum atomic E-state index is 13.7. The Kier molecular flexibility index (Phi) is 3.30. The lowest BCUT2D eigenvalue weighted by Gasteiger charge is -2.23. The van der Waals surface area contributed by atoms with Crippen LogP contribution in [0.5, 0.6) is 0 Å². The Bertz CT molecular complexity index is 539. The highest BCUT2D eigenvalue weighted by Crippen LogP contribution is 2.28. The first-order valence-electron chi connectivity index (χ1n) is 6.06. The van der Waals surface area contributed by atoms with E-state index in [4.69, 9.17) is 4.74 Å². The average molecular weight is 265 g/mol. The van der Waals surface area contributed by atoms with Crippen molar-refractivity contribution in [3.05, 3.63) is 35.1 Å². The topological polar surface area (TPSA) is 55.4 Å². The molecule has 19 heavy (non-hydrogen) atoms. The minimum atomic E-state index is -0.888. The molecule has 2 rings (SSSR count). The Morgan fingerprint density at radius 2 is 2.16 bits per heavy atom. The van der Waals surface area contributed by atoms with Crippen molar-refractivity contribution in [1.82, 2.24) is 5.32 Å². The number of amides is 1. The van der Waals surface area contributed by atoms with Gasteiger partial charge in [-0.05, 0) is 24.6 Å². The molecule has 1 N–H and O–H groups in total. The van der Waals surface area contributed by atoms with Gasteiger partial charge < -0.3 is 10.1 Å². The third-order valence-electron chi connectivity index (χ3n) is 3.24. The van der Waals surface area contributed by atoms with Crippen LogP contribution in [0.25, 0.3) is 0 Å². The lowest BCUT2D eigenvalue weighted by atomic mass is 9.89. The maximum absolute atomic E-state index is 13.7. The lowest BCUT2D eigenvalue weighted by molar-refractivity contribution is -0.129. The molecular formula is C14H16FNO3. The quantitative estimate of drug-likeness (QED) is 0.830. The lowest BCUT2D eigenvalue weighted by Crippen LogP contribution is -2.35. The largest absolute Gasteiger partial charge is 0.448 e. The Balaban J connectivity index is 2.19. The van der Waals surface area contributed by atoms with Crippen LogP contribution in [0, 0.1) is 18.2 Å². The Morgan fingerprint density at radius 1 is 1.47 bits per heavy atom. The fourth-order valence-corrected chi connectivity index (χ4v) is 2.02. The van der Waals surface area contributed by atoms with Gasteiger partial charge in [-0.25, -0.2) is 9.18 Å². The van der Waals surface area contributed by atoms with E-state index in [1.54, 1.807) is 13.0 Å². The van der Waals surface area contributed by atoms with Crippen molar-refractivity contribution >= 4 is 11.9 Å². The third-order valence-corrected chi connectivity index (χ3v) is 3.24. The standard InChI is InChI=1S/C14H16FNO3/c1-8-4-5-9(10(15)6-8)13(18)19-11-12(17)16-7-14(11,2)3/h4-6,11H,7H2,1-3H3,(H,16,17)/t11-/m1/s1. The summed E-state index contributed by atoms with van der Waals surface area (Å²) >= 11 is 0. The summed E-state index contributed by atoms with van der Waals surface area (Å²) in [6.45, 7) is 5.79. The average Bonchev–Trinajstić information content (AvgIpc) is 2.56. The molecule has 0 spiro atoms. The Morgan fingerprint density at radius 3 is 2.68 bits per heavy atom. The second-order valence-electron chi connectivity index (χ2n) is 5.48. The molecule has 0 saturated carbocycles. The van der Waals surface area contributed by atoms with E-state index in [1.165, 1.54) is 12.1 Å². The van der Waals surface area contributed by atoms with Crippen LogP contribution in [0.15, 0.2) is 18.2 Å². The first-order valence-corrected chi connectivity index (χ1v) is 6.06. The van der Waals surface area contributed by atoms with Gasteiger partial charge in [0.15, 0.2) is 6.10 Å². The van der Waals surface area contributed by atoms with E-state index in [9.17, 15) is 14.0 Å². The van der Waals surface area contributed by atoms with Crippen LogP contribution < -0.4 is 5.32 Å². The molecule has 5 heteroatoms. The van der Waals surface area contributed by atoms with Crippen molar-refractivity contribution in [3.63, 3.8) is 0 Å². The summed E-state index contributed by atoms with van der Waals surface area (Å²) in [7, 11) is 0. The molecule has 1 aliphatic rings. The molecule has 0 radical (unpaired) electrons. The SMILES string of the molecule is Cc1ccc(C(=O)O[C@@H]2C(=O)NCC2(C)C)c(F)c1. The van der Waals surface area contributed by atoms with E-state index in [2.05, 4.69) is 5.32 Å². The van der Waals surface area contributed by atoms with Gasteiger partial charge in [0, 0.05) is 12.0 Å². The molecule has 1 amide bonds. The molecule has 0 aliphatic carbocycles. The zero-order chi connectivity index (χ0) is 14.2. The number of rotatable bonds is 2. The summed E-state index contributed by atoms with van der Waals surface area (Å²) in [4.78, 5) is 23.5. The van der Waals surface area contributed by atoms with Gasteiger partial charge in [-0.15, -0.1) is 0 Å². The molecule has 102 valence electrons. The van der Waals surface area contributed by atoms with E-state index in [-0.39, 0.29) is 11.5 Å². The van der Waals surface area contributed by atoms with Gasteiger partial charge in [-0.1, -0.05) is 19.9 Å². The summed E-state index contributed by atoms with van der Waals surface area (Å²) in [5, 5.41) is 2.63. The number of nitrogens with one attached hydrogen (secondary N) is 1. The number of carbonyl (C=O) groups is 2. The summed E-state index contributed by atoms with van der Waals surface area (Å²) in [5.41, 5.74) is 0.0718. The van der Waals surface area contributed by atoms with Gasteiger partial charge in [0.05, 0.1) is 5.56 Å².